The van der Waals surface area contributed by atoms with E-state index in [0.29, 0.717) is 12.6 Å². The van der Waals surface area contributed by atoms with Gasteiger partial charge in [0.05, 0.1) is 0 Å². The van der Waals surface area contributed by atoms with Gasteiger partial charge >= 0.3 is 0 Å². The minimum atomic E-state index is -0.108. The molecule has 5 aliphatic rings. The first-order chi connectivity index (χ1) is 13.2. The molecule has 1 saturated heterocycles. The number of nitrogens with zero attached hydrogens (tertiary/aromatic N) is 2. The summed E-state index contributed by atoms with van der Waals surface area (Å²) >= 11 is 0. The van der Waals surface area contributed by atoms with Gasteiger partial charge in [0.2, 0.25) is 0 Å². The highest BCUT2D eigenvalue weighted by Gasteiger charge is 2.50. The van der Waals surface area contributed by atoms with Gasteiger partial charge in [-0.2, -0.15) is 0 Å². The van der Waals surface area contributed by atoms with E-state index in [0.717, 1.165) is 61.3 Å². The number of hydrogen-bond donors (Lipinski definition) is 1. The number of benzene rings is 1. The summed E-state index contributed by atoms with van der Waals surface area (Å²) in [7, 11) is 0. The quantitative estimate of drug-likeness (QED) is 0.857. The molecular formula is C23H33FN2O. The molecule has 1 aromatic rings. The molecule has 4 bridgehead atoms. The summed E-state index contributed by atoms with van der Waals surface area (Å²) in [5, 5.41) is 9.64. The second-order valence-corrected chi connectivity index (χ2v) is 9.64. The molecule has 6 rings (SSSR count). The lowest BCUT2D eigenvalue weighted by molar-refractivity contribution is -0.0876. The molecule has 1 N–H and O–H groups in total. The lowest BCUT2D eigenvalue weighted by Crippen LogP contribution is -2.62. The van der Waals surface area contributed by atoms with Gasteiger partial charge < -0.3 is 5.11 Å². The van der Waals surface area contributed by atoms with Crippen LogP contribution in [-0.2, 0) is 6.54 Å². The fraction of sp³-hybridized carbons (Fsp3) is 0.739. The van der Waals surface area contributed by atoms with Gasteiger partial charge in [-0.3, -0.25) is 9.80 Å². The van der Waals surface area contributed by atoms with Crippen LogP contribution in [0.3, 0.4) is 0 Å². The standard InChI is InChI=1S/C23H33FN2O/c24-22-4-2-1-3-18(22)14-25-6-7-26(15-21(25)5-8-27)23-19-10-16-9-17(12-19)13-20(23)11-16/h1-4,16-17,19-21,23,27H,5-15H2. The van der Waals surface area contributed by atoms with Crippen LogP contribution in [0.4, 0.5) is 4.39 Å². The van der Waals surface area contributed by atoms with Crippen LogP contribution < -0.4 is 0 Å². The van der Waals surface area contributed by atoms with Crippen molar-refractivity contribution in [2.45, 2.75) is 57.2 Å². The normalized spacial score (nSPS) is 39.2. The minimum Gasteiger partial charge on any atom is -0.396 e. The molecule has 1 unspecified atom stereocenters. The molecule has 1 aliphatic heterocycles. The minimum absolute atomic E-state index is 0.108. The SMILES string of the molecule is OCCC1CN(C2C3CC4CC(C3)CC2C4)CCN1Cc1ccccc1F. The lowest BCUT2D eigenvalue weighted by atomic mass is 9.53. The van der Waals surface area contributed by atoms with E-state index in [1.54, 1.807) is 12.1 Å². The van der Waals surface area contributed by atoms with Crippen molar-refractivity contribution in [2.75, 3.05) is 26.2 Å². The number of aliphatic hydroxyl groups excluding tert-OH is 1. The molecule has 0 amide bonds. The van der Waals surface area contributed by atoms with Crippen LogP contribution in [0.15, 0.2) is 24.3 Å². The van der Waals surface area contributed by atoms with E-state index < -0.39 is 0 Å². The van der Waals surface area contributed by atoms with Gasteiger partial charge in [0.25, 0.3) is 0 Å². The molecule has 0 radical (unpaired) electrons. The van der Waals surface area contributed by atoms with Crippen LogP contribution in [0.5, 0.6) is 0 Å². The number of piperazine rings is 1. The van der Waals surface area contributed by atoms with E-state index in [9.17, 15) is 9.50 Å². The van der Waals surface area contributed by atoms with Gasteiger partial charge in [-0.1, -0.05) is 18.2 Å². The smallest absolute Gasteiger partial charge is 0.127 e. The third-order valence-electron chi connectivity index (χ3n) is 8.03. The Balaban J connectivity index is 1.29. The molecule has 3 nitrogen and oxygen atoms in total. The molecular weight excluding hydrogens is 339 g/mol. The van der Waals surface area contributed by atoms with Crippen LogP contribution in [0, 0.1) is 29.5 Å². The van der Waals surface area contributed by atoms with Crippen molar-refractivity contribution in [1.29, 1.82) is 0 Å². The Hall–Kier alpha value is -0.970. The first-order valence-electron chi connectivity index (χ1n) is 11.0. The van der Waals surface area contributed by atoms with Crippen molar-refractivity contribution in [1.82, 2.24) is 9.80 Å². The summed E-state index contributed by atoms with van der Waals surface area (Å²) in [5.74, 6) is 3.74. The van der Waals surface area contributed by atoms with Gasteiger partial charge in [-0.25, -0.2) is 4.39 Å². The van der Waals surface area contributed by atoms with Crippen molar-refractivity contribution in [3.63, 3.8) is 0 Å². The van der Waals surface area contributed by atoms with Gasteiger partial charge in [-0.05, 0) is 68.3 Å². The fourth-order valence-corrected chi connectivity index (χ4v) is 7.16. The van der Waals surface area contributed by atoms with E-state index in [1.165, 1.54) is 32.1 Å². The summed E-state index contributed by atoms with van der Waals surface area (Å²) in [6, 6.07) is 8.24. The highest BCUT2D eigenvalue weighted by molar-refractivity contribution is 5.17. The van der Waals surface area contributed by atoms with Crippen molar-refractivity contribution < 1.29 is 9.50 Å². The molecule has 1 atom stereocenters. The van der Waals surface area contributed by atoms with Crippen molar-refractivity contribution in [3.05, 3.63) is 35.6 Å². The molecule has 148 valence electrons. The zero-order valence-electron chi connectivity index (χ0n) is 16.3. The Morgan fingerprint density at radius 3 is 2.33 bits per heavy atom. The van der Waals surface area contributed by atoms with Gasteiger partial charge in [0, 0.05) is 50.4 Å². The van der Waals surface area contributed by atoms with E-state index in [-0.39, 0.29) is 12.4 Å². The van der Waals surface area contributed by atoms with Crippen LogP contribution in [0.25, 0.3) is 0 Å². The first kappa shape index (κ1) is 18.1. The Labute approximate surface area is 162 Å². The third-order valence-corrected chi connectivity index (χ3v) is 8.03. The second kappa shape index (κ2) is 7.46. The van der Waals surface area contributed by atoms with Crippen LogP contribution in [-0.4, -0.2) is 53.2 Å². The van der Waals surface area contributed by atoms with Gasteiger partial charge in [0.15, 0.2) is 0 Å². The summed E-state index contributed by atoms with van der Waals surface area (Å²) < 4.78 is 14.1. The van der Waals surface area contributed by atoms with Crippen LogP contribution in [0.2, 0.25) is 0 Å². The lowest BCUT2D eigenvalue weighted by Gasteiger charge is -2.59. The monoisotopic (exact) mass is 372 g/mol. The summed E-state index contributed by atoms with van der Waals surface area (Å²) in [6.07, 6.45) is 8.12. The molecule has 5 fully saturated rings. The maximum atomic E-state index is 14.1. The summed E-state index contributed by atoms with van der Waals surface area (Å²) in [5.41, 5.74) is 0.781. The Bertz CT molecular complexity index is 638. The zero-order valence-corrected chi connectivity index (χ0v) is 16.3. The van der Waals surface area contributed by atoms with E-state index >= 15 is 0 Å². The molecule has 4 saturated carbocycles. The maximum Gasteiger partial charge on any atom is 0.127 e. The number of aliphatic hydroxyl groups is 1. The molecule has 0 aromatic heterocycles. The molecule has 4 aliphatic carbocycles. The number of halogens is 1. The summed E-state index contributed by atoms with van der Waals surface area (Å²) in [4.78, 5) is 5.17. The maximum absolute atomic E-state index is 14.1. The molecule has 0 spiro atoms. The molecule has 1 heterocycles. The van der Waals surface area contributed by atoms with E-state index in [2.05, 4.69) is 9.80 Å². The second-order valence-electron chi connectivity index (χ2n) is 9.64. The molecule has 1 aromatic carbocycles. The van der Waals surface area contributed by atoms with Crippen LogP contribution in [0.1, 0.15) is 44.1 Å². The molecule has 4 heteroatoms. The molecule has 27 heavy (non-hydrogen) atoms. The third kappa shape index (κ3) is 3.45. The Morgan fingerprint density at radius 1 is 0.963 bits per heavy atom. The highest BCUT2D eigenvalue weighted by atomic mass is 19.1. The topological polar surface area (TPSA) is 26.7 Å². The zero-order chi connectivity index (χ0) is 18.4. The van der Waals surface area contributed by atoms with E-state index in [1.807, 2.05) is 12.1 Å². The van der Waals surface area contributed by atoms with Crippen molar-refractivity contribution >= 4 is 0 Å². The average molecular weight is 373 g/mol. The highest BCUT2D eigenvalue weighted by Crippen LogP contribution is 2.55. The van der Waals surface area contributed by atoms with E-state index in [4.69, 9.17) is 0 Å². The fourth-order valence-electron chi connectivity index (χ4n) is 7.16. The Morgan fingerprint density at radius 2 is 1.67 bits per heavy atom. The first-order valence-corrected chi connectivity index (χ1v) is 11.0. The van der Waals surface area contributed by atoms with Crippen molar-refractivity contribution in [3.8, 4) is 0 Å². The van der Waals surface area contributed by atoms with Crippen LogP contribution >= 0.6 is 0 Å². The summed E-state index contributed by atoms with van der Waals surface area (Å²) in [6.45, 7) is 4.01. The average Bonchev–Trinajstić information content (AvgIpc) is 2.65. The van der Waals surface area contributed by atoms with Gasteiger partial charge in [0.1, 0.15) is 5.82 Å². The largest absolute Gasteiger partial charge is 0.396 e. The Kier molecular flexibility index (Phi) is 4.99. The predicted octanol–water partition coefficient (Wildman–Crippen LogP) is 3.52. The predicted molar refractivity (Wildman–Crippen MR) is 105 cm³/mol. The van der Waals surface area contributed by atoms with Gasteiger partial charge in [-0.15, -0.1) is 0 Å². The van der Waals surface area contributed by atoms with Crippen molar-refractivity contribution in [2.24, 2.45) is 23.7 Å². The number of hydrogen-bond acceptors (Lipinski definition) is 3. The number of rotatable bonds is 5.